The van der Waals surface area contributed by atoms with E-state index in [-0.39, 0.29) is 0 Å². The van der Waals surface area contributed by atoms with E-state index >= 15 is 0 Å². The molecule has 0 saturated carbocycles. The van der Waals surface area contributed by atoms with Crippen molar-refractivity contribution < 1.29 is 9.47 Å². The van der Waals surface area contributed by atoms with Crippen molar-refractivity contribution in [1.82, 2.24) is 5.32 Å². The number of ether oxygens (including phenoxy) is 2. The van der Waals surface area contributed by atoms with Crippen LogP contribution in [0, 0.1) is 0 Å². The van der Waals surface area contributed by atoms with E-state index in [0.717, 1.165) is 62.1 Å². The SMILES string of the molecule is CCCNC(CCCOC)Cc1cc(Br)cc2c1OCC2. The summed E-state index contributed by atoms with van der Waals surface area (Å²) in [6, 6.07) is 4.88. The summed E-state index contributed by atoms with van der Waals surface area (Å²) >= 11 is 3.63. The Balaban J connectivity index is 2.04. The van der Waals surface area contributed by atoms with Crippen molar-refractivity contribution in [2.75, 3.05) is 26.9 Å². The molecule has 0 radical (unpaired) electrons. The molecule has 0 fully saturated rings. The molecular formula is C17H26BrNO2. The molecule has 4 heteroatoms. The van der Waals surface area contributed by atoms with Crippen molar-refractivity contribution in [2.45, 2.75) is 45.1 Å². The quantitative estimate of drug-likeness (QED) is 0.684. The van der Waals surface area contributed by atoms with E-state index < -0.39 is 0 Å². The maximum absolute atomic E-state index is 5.84. The fraction of sp³-hybridized carbons (Fsp3) is 0.647. The second-order valence-electron chi connectivity index (χ2n) is 5.64. The van der Waals surface area contributed by atoms with Crippen LogP contribution in [-0.2, 0) is 17.6 Å². The normalized spacial score (nSPS) is 14.8. The number of halogens is 1. The predicted octanol–water partition coefficient (Wildman–Crippen LogP) is 3.72. The molecule has 1 unspecified atom stereocenters. The molecule has 1 heterocycles. The summed E-state index contributed by atoms with van der Waals surface area (Å²) in [7, 11) is 1.77. The monoisotopic (exact) mass is 355 g/mol. The highest BCUT2D eigenvalue weighted by Gasteiger charge is 2.20. The summed E-state index contributed by atoms with van der Waals surface area (Å²) in [6.45, 7) is 4.92. The van der Waals surface area contributed by atoms with Gasteiger partial charge in [0.2, 0.25) is 0 Å². The van der Waals surface area contributed by atoms with Crippen LogP contribution < -0.4 is 10.1 Å². The number of rotatable bonds is 9. The van der Waals surface area contributed by atoms with Crippen LogP contribution in [-0.4, -0.2) is 32.9 Å². The maximum atomic E-state index is 5.84. The van der Waals surface area contributed by atoms with Crippen molar-refractivity contribution in [2.24, 2.45) is 0 Å². The van der Waals surface area contributed by atoms with Gasteiger partial charge in [-0.2, -0.15) is 0 Å². The lowest BCUT2D eigenvalue weighted by atomic mass is 9.98. The molecule has 0 amide bonds. The largest absolute Gasteiger partial charge is 0.493 e. The summed E-state index contributed by atoms with van der Waals surface area (Å²) < 4.78 is 12.2. The van der Waals surface area contributed by atoms with Gasteiger partial charge < -0.3 is 14.8 Å². The number of hydrogen-bond donors (Lipinski definition) is 1. The van der Waals surface area contributed by atoms with Crippen molar-refractivity contribution in [3.05, 3.63) is 27.7 Å². The molecule has 0 bridgehead atoms. The molecular weight excluding hydrogens is 330 g/mol. The molecule has 21 heavy (non-hydrogen) atoms. The standard InChI is InChI=1S/C17H26BrNO2/c1-3-7-19-16(5-4-8-20-2)12-14-11-15(18)10-13-6-9-21-17(13)14/h10-11,16,19H,3-9,12H2,1-2H3. The van der Waals surface area contributed by atoms with Gasteiger partial charge in [-0.25, -0.2) is 0 Å². The molecule has 0 aromatic heterocycles. The third-order valence-electron chi connectivity index (χ3n) is 3.88. The van der Waals surface area contributed by atoms with Crippen LogP contribution in [0.2, 0.25) is 0 Å². The highest BCUT2D eigenvalue weighted by atomic mass is 79.9. The van der Waals surface area contributed by atoms with Crippen LogP contribution in [0.25, 0.3) is 0 Å². The van der Waals surface area contributed by atoms with E-state index in [9.17, 15) is 0 Å². The highest BCUT2D eigenvalue weighted by Crippen LogP contribution is 2.34. The van der Waals surface area contributed by atoms with E-state index in [2.05, 4.69) is 40.3 Å². The second-order valence-corrected chi connectivity index (χ2v) is 6.56. The van der Waals surface area contributed by atoms with Crippen LogP contribution >= 0.6 is 15.9 Å². The summed E-state index contributed by atoms with van der Waals surface area (Å²) in [6.07, 6.45) is 5.43. The smallest absolute Gasteiger partial charge is 0.125 e. The minimum Gasteiger partial charge on any atom is -0.493 e. The molecule has 118 valence electrons. The molecule has 1 aromatic carbocycles. The van der Waals surface area contributed by atoms with Crippen LogP contribution in [0.4, 0.5) is 0 Å². The van der Waals surface area contributed by atoms with E-state index in [1.54, 1.807) is 7.11 Å². The van der Waals surface area contributed by atoms with Crippen LogP contribution in [0.15, 0.2) is 16.6 Å². The lowest BCUT2D eigenvalue weighted by molar-refractivity contribution is 0.188. The van der Waals surface area contributed by atoms with Gasteiger partial charge in [-0.15, -0.1) is 0 Å². The van der Waals surface area contributed by atoms with Gasteiger partial charge in [0.15, 0.2) is 0 Å². The zero-order valence-electron chi connectivity index (χ0n) is 13.1. The Morgan fingerprint density at radius 1 is 1.43 bits per heavy atom. The van der Waals surface area contributed by atoms with Crippen LogP contribution in [0.5, 0.6) is 5.75 Å². The molecule has 1 aliphatic rings. The first-order chi connectivity index (χ1) is 10.2. The van der Waals surface area contributed by atoms with Gasteiger partial charge in [0.1, 0.15) is 5.75 Å². The number of benzene rings is 1. The van der Waals surface area contributed by atoms with Crippen molar-refractivity contribution in [3.8, 4) is 5.75 Å². The fourth-order valence-corrected chi connectivity index (χ4v) is 3.41. The summed E-state index contributed by atoms with van der Waals surface area (Å²) in [5.41, 5.74) is 2.66. The minimum absolute atomic E-state index is 0.489. The summed E-state index contributed by atoms with van der Waals surface area (Å²) in [5.74, 6) is 1.12. The third-order valence-corrected chi connectivity index (χ3v) is 4.33. The molecule has 2 rings (SSSR count). The number of nitrogens with one attached hydrogen (secondary N) is 1. The lowest BCUT2D eigenvalue weighted by Gasteiger charge is -2.20. The number of hydrogen-bond acceptors (Lipinski definition) is 3. The molecule has 1 aliphatic heterocycles. The summed E-state index contributed by atoms with van der Waals surface area (Å²) in [5, 5.41) is 3.66. The van der Waals surface area contributed by atoms with Crippen molar-refractivity contribution in [1.29, 1.82) is 0 Å². The van der Waals surface area contributed by atoms with E-state index in [0.29, 0.717) is 6.04 Å². The molecule has 0 spiro atoms. The van der Waals surface area contributed by atoms with Gasteiger partial charge in [0.05, 0.1) is 6.61 Å². The second kappa shape index (κ2) is 8.76. The first kappa shape index (κ1) is 16.8. The Labute approximate surface area is 136 Å². The Kier molecular flexibility index (Phi) is 7.00. The fourth-order valence-electron chi connectivity index (χ4n) is 2.86. The van der Waals surface area contributed by atoms with Gasteiger partial charge in [-0.3, -0.25) is 0 Å². The van der Waals surface area contributed by atoms with Gasteiger partial charge >= 0.3 is 0 Å². The minimum atomic E-state index is 0.489. The van der Waals surface area contributed by atoms with Crippen LogP contribution in [0.3, 0.4) is 0 Å². The van der Waals surface area contributed by atoms with Gasteiger partial charge in [0, 0.05) is 30.7 Å². The molecule has 3 nitrogen and oxygen atoms in total. The zero-order chi connectivity index (χ0) is 15.1. The zero-order valence-corrected chi connectivity index (χ0v) is 14.7. The summed E-state index contributed by atoms with van der Waals surface area (Å²) in [4.78, 5) is 0. The Hall–Kier alpha value is -0.580. The highest BCUT2D eigenvalue weighted by molar-refractivity contribution is 9.10. The Morgan fingerprint density at radius 2 is 2.29 bits per heavy atom. The number of fused-ring (bicyclic) bond motifs is 1. The molecule has 0 aliphatic carbocycles. The molecule has 1 N–H and O–H groups in total. The van der Waals surface area contributed by atoms with Crippen molar-refractivity contribution >= 4 is 15.9 Å². The van der Waals surface area contributed by atoms with Gasteiger partial charge in [-0.05, 0) is 55.5 Å². The third kappa shape index (κ3) is 4.97. The van der Waals surface area contributed by atoms with E-state index in [1.165, 1.54) is 11.1 Å². The molecule has 1 aromatic rings. The first-order valence-corrected chi connectivity index (χ1v) is 8.70. The average Bonchev–Trinajstić information content (AvgIpc) is 2.93. The molecule has 0 saturated heterocycles. The van der Waals surface area contributed by atoms with E-state index in [1.807, 2.05) is 0 Å². The van der Waals surface area contributed by atoms with Crippen molar-refractivity contribution in [3.63, 3.8) is 0 Å². The average molecular weight is 356 g/mol. The topological polar surface area (TPSA) is 30.5 Å². The number of methoxy groups -OCH3 is 1. The van der Waals surface area contributed by atoms with Crippen LogP contribution in [0.1, 0.15) is 37.3 Å². The molecule has 1 atom stereocenters. The van der Waals surface area contributed by atoms with Gasteiger partial charge in [0.25, 0.3) is 0 Å². The van der Waals surface area contributed by atoms with Gasteiger partial charge in [-0.1, -0.05) is 22.9 Å². The lowest BCUT2D eigenvalue weighted by Crippen LogP contribution is -2.32. The Bertz CT molecular complexity index is 451. The Morgan fingerprint density at radius 3 is 3.05 bits per heavy atom. The maximum Gasteiger partial charge on any atom is 0.125 e. The van der Waals surface area contributed by atoms with E-state index in [4.69, 9.17) is 9.47 Å². The first-order valence-electron chi connectivity index (χ1n) is 7.91. The predicted molar refractivity (Wildman–Crippen MR) is 90.2 cm³/mol.